The number of hydrogen-bond acceptors (Lipinski definition) is 4. The van der Waals surface area contributed by atoms with Crippen molar-refractivity contribution in [3.63, 3.8) is 0 Å². The van der Waals surface area contributed by atoms with Gasteiger partial charge in [0.05, 0.1) is 5.69 Å². The molecule has 1 rings (SSSR count). The minimum absolute atomic E-state index is 0.0763. The molecule has 0 saturated carbocycles. The fourth-order valence-corrected chi connectivity index (χ4v) is 4.41. The molecule has 0 aliphatic carbocycles. The lowest BCUT2D eigenvalue weighted by Crippen LogP contribution is -2.46. The zero-order valence-corrected chi connectivity index (χ0v) is 14.1. The van der Waals surface area contributed by atoms with Crippen LogP contribution < -0.4 is 4.72 Å². The summed E-state index contributed by atoms with van der Waals surface area (Å²) in [5.41, 5.74) is -1.08. The third-order valence-corrected chi connectivity index (χ3v) is 4.60. The normalized spacial score (nSPS) is 13.4. The number of carbonyl (C=O) groups is 1. The van der Waals surface area contributed by atoms with Crippen LogP contribution in [0.25, 0.3) is 0 Å². The number of aryl methyl sites for hydroxylation is 1. The van der Waals surface area contributed by atoms with E-state index in [0.717, 1.165) is 0 Å². The molecule has 0 aliphatic heterocycles. The van der Waals surface area contributed by atoms with Crippen LogP contribution in [0.2, 0.25) is 0 Å². The van der Waals surface area contributed by atoms with Crippen molar-refractivity contribution in [1.82, 2.24) is 14.9 Å². The largest absolute Gasteiger partial charge is 0.476 e. The second-order valence-corrected chi connectivity index (χ2v) is 8.68. The molecule has 0 bridgehead atoms. The first-order valence-corrected chi connectivity index (χ1v) is 8.06. The summed E-state index contributed by atoms with van der Waals surface area (Å²) in [7, 11) is -3.98. The van der Waals surface area contributed by atoms with Crippen molar-refractivity contribution >= 4 is 16.0 Å². The van der Waals surface area contributed by atoms with Crippen LogP contribution in [0.5, 0.6) is 0 Å². The monoisotopic (exact) mass is 317 g/mol. The molecule has 0 atom stereocenters. The molecule has 8 heteroatoms. The third kappa shape index (κ3) is 4.53. The highest BCUT2D eigenvalue weighted by Gasteiger charge is 2.34. The van der Waals surface area contributed by atoms with Gasteiger partial charge in [0.15, 0.2) is 5.69 Å². The van der Waals surface area contributed by atoms with Gasteiger partial charge in [0, 0.05) is 5.54 Å². The Labute approximate surface area is 125 Å². The molecule has 120 valence electrons. The number of nitrogens with zero attached hydrogens (tertiary/aromatic N) is 1. The van der Waals surface area contributed by atoms with Gasteiger partial charge >= 0.3 is 5.97 Å². The SMILES string of the molecule is Cc1[nH]nc(C(=O)O)c1S(=O)(=O)NC(C)(C)CC(C)(C)C. The third-order valence-electron chi connectivity index (χ3n) is 2.75. The topological polar surface area (TPSA) is 112 Å². The first kappa shape index (κ1) is 17.6. The molecule has 1 aromatic rings. The average Bonchev–Trinajstić information content (AvgIpc) is 2.54. The molecule has 1 aromatic heterocycles. The van der Waals surface area contributed by atoms with E-state index in [-0.39, 0.29) is 16.0 Å². The summed E-state index contributed by atoms with van der Waals surface area (Å²) in [4.78, 5) is 10.8. The number of carboxylic acids is 1. The van der Waals surface area contributed by atoms with Crippen molar-refractivity contribution in [2.75, 3.05) is 0 Å². The fraction of sp³-hybridized carbons (Fsp3) is 0.692. The minimum Gasteiger partial charge on any atom is -0.476 e. The maximum atomic E-state index is 12.5. The first-order valence-electron chi connectivity index (χ1n) is 6.57. The number of hydrogen-bond donors (Lipinski definition) is 3. The Morgan fingerprint density at radius 1 is 1.29 bits per heavy atom. The summed E-state index contributed by atoms with van der Waals surface area (Å²) >= 11 is 0. The fourth-order valence-electron chi connectivity index (χ4n) is 2.67. The van der Waals surface area contributed by atoms with Crippen molar-refractivity contribution in [3.8, 4) is 0 Å². The highest BCUT2D eigenvalue weighted by molar-refractivity contribution is 7.89. The molecule has 0 aliphatic rings. The second kappa shape index (κ2) is 5.42. The summed E-state index contributed by atoms with van der Waals surface area (Å²) in [5.74, 6) is -1.38. The number of aromatic carboxylic acids is 1. The van der Waals surface area contributed by atoms with Crippen LogP contribution in [-0.4, -0.2) is 35.2 Å². The van der Waals surface area contributed by atoms with Gasteiger partial charge in [-0.15, -0.1) is 0 Å². The molecule has 0 spiro atoms. The Kier molecular flexibility index (Phi) is 4.55. The smallest absolute Gasteiger partial charge is 0.357 e. The second-order valence-electron chi connectivity index (χ2n) is 7.06. The van der Waals surface area contributed by atoms with E-state index in [4.69, 9.17) is 5.11 Å². The van der Waals surface area contributed by atoms with Gasteiger partial charge in [0.2, 0.25) is 10.0 Å². The predicted molar refractivity (Wildman–Crippen MR) is 78.8 cm³/mol. The number of nitrogens with one attached hydrogen (secondary N) is 2. The minimum atomic E-state index is -3.98. The van der Waals surface area contributed by atoms with Crippen molar-refractivity contribution < 1.29 is 18.3 Å². The number of aromatic nitrogens is 2. The van der Waals surface area contributed by atoms with E-state index in [1.807, 2.05) is 20.8 Å². The Morgan fingerprint density at radius 3 is 2.24 bits per heavy atom. The van der Waals surface area contributed by atoms with Crippen LogP contribution in [-0.2, 0) is 10.0 Å². The molecule has 0 amide bonds. The highest BCUT2D eigenvalue weighted by Crippen LogP contribution is 2.29. The molecule has 3 N–H and O–H groups in total. The van der Waals surface area contributed by atoms with E-state index < -0.39 is 27.2 Å². The van der Waals surface area contributed by atoms with Crippen LogP contribution in [0.1, 0.15) is 57.2 Å². The van der Waals surface area contributed by atoms with Gasteiger partial charge in [-0.25, -0.2) is 17.9 Å². The predicted octanol–water partition coefficient (Wildman–Crippen LogP) is 1.91. The van der Waals surface area contributed by atoms with Crippen molar-refractivity contribution in [2.45, 2.75) is 58.4 Å². The molecule has 0 fully saturated rings. The Bertz CT molecular complexity index is 639. The summed E-state index contributed by atoms with van der Waals surface area (Å²) < 4.78 is 27.6. The first-order chi connectivity index (χ1) is 9.25. The van der Waals surface area contributed by atoms with E-state index in [2.05, 4.69) is 14.9 Å². The van der Waals surface area contributed by atoms with Crippen LogP contribution >= 0.6 is 0 Å². The number of rotatable bonds is 5. The van der Waals surface area contributed by atoms with Gasteiger partial charge in [-0.05, 0) is 32.6 Å². The summed E-state index contributed by atoms with van der Waals surface area (Å²) in [6, 6.07) is 0. The average molecular weight is 317 g/mol. The van der Waals surface area contributed by atoms with Crippen LogP contribution in [0.4, 0.5) is 0 Å². The summed E-state index contributed by atoms with van der Waals surface area (Å²) in [5, 5.41) is 15.0. The van der Waals surface area contributed by atoms with E-state index >= 15 is 0 Å². The lowest BCUT2D eigenvalue weighted by Gasteiger charge is -2.32. The Balaban J connectivity index is 3.19. The number of aromatic amines is 1. The molecular weight excluding hydrogens is 294 g/mol. The zero-order chi connectivity index (χ0) is 16.6. The van der Waals surface area contributed by atoms with Gasteiger partial charge in [-0.2, -0.15) is 5.10 Å². The molecule has 0 aromatic carbocycles. The maximum absolute atomic E-state index is 12.5. The van der Waals surface area contributed by atoms with Crippen molar-refractivity contribution in [1.29, 1.82) is 0 Å². The Hall–Kier alpha value is -1.41. The maximum Gasteiger partial charge on any atom is 0.357 e. The lowest BCUT2D eigenvalue weighted by atomic mass is 9.82. The standard InChI is InChI=1S/C13H23N3O4S/c1-8-10(9(11(17)18)15-14-8)21(19,20)16-13(5,6)7-12(2,3)4/h16H,7H2,1-6H3,(H,14,15)(H,17,18). The van der Waals surface area contributed by atoms with Gasteiger partial charge in [0.1, 0.15) is 4.90 Å². The highest BCUT2D eigenvalue weighted by atomic mass is 32.2. The molecule has 0 radical (unpaired) electrons. The number of carboxylic acid groups (broad SMARTS) is 1. The quantitative estimate of drug-likeness (QED) is 0.768. The van der Waals surface area contributed by atoms with Gasteiger partial charge < -0.3 is 5.11 Å². The number of sulfonamides is 1. The Morgan fingerprint density at radius 2 is 1.81 bits per heavy atom. The van der Waals surface area contributed by atoms with Gasteiger partial charge in [-0.3, -0.25) is 5.10 Å². The molecule has 7 nitrogen and oxygen atoms in total. The van der Waals surface area contributed by atoms with Crippen LogP contribution in [0.15, 0.2) is 4.90 Å². The van der Waals surface area contributed by atoms with Gasteiger partial charge in [-0.1, -0.05) is 20.8 Å². The molecular formula is C13H23N3O4S. The molecule has 21 heavy (non-hydrogen) atoms. The molecule has 0 unspecified atom stereocenters. The summed E-state index contributed by atoms with van der Waals surface area (Å²) in [6.07, 6.45) is 0.596. The van der Waals surface area contributed by atoms with Crippen molar-refractivity contribution in [2.24, 2.45) is 5.41 Å². The van der Waals surface area contributed by atoms with E-state index in [1.54, 1.807) is 13.8 Å². The van der Waals surface area contributed by atoms with Crippen molar-refractivity contribution in [3.05, 3.63) is 11.4 Å². The van der Waals surface area contributed by atoms with Gasteiger partial charge in [0.25, 0.3) is 0 Å². The summed E-state index contributed by atoms with van der Waals surface area (Å²) in [6.45, 7) is 11.0. The lowest BCUT2D eigenvalue weighted by molar-refractivity contribution is 0.0686. The van der Waals surface area contributed by atoms with Crippen LogP contribution in [0.3, 0.4) is 0 Å². The van der Waals surface area contributed by atoms with E-state index in [9.17, 15) is 13.2 Å². The van der Waals surface area contributed by atoms with E-state index in [1.165, 1.54) is 6.92 Å². The number of H-pyrrole nitrogens is 1. The molecule has 1 heterocycles. The molecule has 0 saturated heterocycles. The van der Waals surface area contributed by atoms with Crippen LogP contribution in [0, 0.1) is 12.3 Å². The zero-order valence-electron chi connectivity index (χ0n) is 13.2. The van der Waals surface area contributed by atoms with E-state index in [0.29, 0.717) is 6.42 Å².